The van der Waals surface area contributed by atoms with Crippen LogP contribution in [0.15, 0.2) is 0 Å². The fraction of sp³-hybridized carbons (Fsp3) is 1.00. The highest BCUT2D eigenvalue weighted by Gasteiger charge is 2.16. The maximum Gasteiger partial charge on any atom is 0.0596 e. The minimum atomic E-state index is 0.197. The molecule has 1 N–H and O–H groups in total. The van der Waals surface area contributed by atoms with Crippen molar-refractivity contribution in [3.05, 3.63) is 0 Å². The van der Waals surface area contributed by atoms with Gasteiger partial charge in [0.15, 0.2) is 0 Å². The van der Waals surface area contributed by atoms with E-state index in [-0.39, 0.29) is 5.54 Å². The summed E-state index contributed by atoms with van der Waals surface area (Å²) in [5.74, 6) is 0. The zero-order valence-electron chi connectivity index (χ0n) is 12.8. The largest absolute Gasteiger partial charge is 0.377 e. The second kappa shape index (κ2) is 8.06. The molecule has 0 heterocycles. The van der Waals surface area contributed by atoms with E-state index in [0.717, 1.165) is 19.7 Å². The molecule has 3 nitrogen and oxygen atoms in total. The number of hydrogen-bond donors (Lipinski definition) is 1. The second-order valence-corrected chi connectivity index (χ2v) is 6.09. The molecule has 0 aromatic carbocycles. The minimum absolute atomic E-state index is 0.197. The standard InChI is InChI=1S/C14H32N2O/c1-8-13(11-15-14(4,5)6)16(7)9-10-17-12(2)3/h12-13,15H,8-11H2,1-7H3. The fourth-order valence-corrected chi connectivity index (χ4v) is 1.65. The number of likely N-dealkylation sites (N-methyl/N-ethyl adjacent to an activating group) is 1. The number of rotatable bonds is 8. The maximum absolute atomic E-state index is 5.59. The Morgan fingerprint density at radius 3 is 2.24 bits per heavy atom. The summed E-state index contributed by atoms with van der Waals surface area (Å²) in [6.45, 7) is 15.9. The third kappa shape index (κ3) is 9.57. The molecule has 1 atom stereocenters. The van der Waals surface area contributed by atoms with Gasteiger partial charge in [0.1, 0.15) is 0 Å². The van der Waals surface area contributed by atoms with E-state index in [2.05, 4.69) is 58.8 Å². The Kier molecular flexibility index (Phi) is 8.01. The van der Waals surface area contributed by atoms with E-state index in [0.29, 0.717) is 12.1 Å². The first-order valence-corrected chi connectivity index (χ1v) is 6.83. The van der Waals surface area contributed by atoms with Gasteiger partial charge in [-0.15, -0.1) is 0 Å². The molecule has 0 rings (SSSR count). The lowest BCUT2D eigenvalue weighted by molar-refractivity contribution is 0.0547. The zero-order valence-corrected chi connectivity index (χ0v) is 12.8. The van der Waals surface area contributed by atoms with Crippen LogP contribution in [-0.2, 0) is 4.74 Å². The van der Waals surface area contributed by atoms with Gasteiger partial charge in [0, 0.05) is 24.7 Å². The second-order valence-electron chi connectivity index (χ2n) is 6.09. The Morgan fingerprint density at radius 2 is 1.82 bits per heavy atom. The average molecular weight is 244 g/mol. The van der Waals surface area contributed by atoms with Gasteiger partial charge >= 0.3 is 0 Å². The summed E-state index contributed by atoms with van der Waals surface area (Å²) < 4.78 is 5.59. The molecular weight excluding hydrogens is 212 g/mol. The van der Waals surface area contributed by atoms with Crippen LogP contribution in [0.5, 0.6) is 0 Å². The first-order valence-electron chi connectivity index (χ1n) is 6.83. The fourth-order valence-electron chi connectivity index (χ4n) is 1.65. The van der Waals surface area contributed by atoms with Crippen LogP contribution in [0.1, 0.15) is 48.0 Å². The molecule has 0 amide bonds. The van der Waals surface area contributed by atoms with Gasteiger partial charge in [-0.25, -0.2) is 0 Å². The van der Waals surface area contributed by atoms with Gasteiger partial charge in [0.2, 0.25) is 0 Å². The minimum Gasteiger partial charge on any atom is -0.377 e. The summed E-state index contributed by atoms with van der Waals surface area (Å²) in [7, 11) is 2.18. The highest BCUT2D eigenvalue weighted by atomic mass is 16.5. The summed E-state index contributed by atoms with van der Waals surface area (Å²) in [6, 6.07) is 0.588. The molecule has 0 saturated heterocycles. The SMILES string of the molecule is CCC(CNC(C)(C)C)N(C)CCOC(C)C. The Balaban J connectivity index is 3.91. The van der Waals surface area contributed by atoms with E-state index in [4.69, 9.17) is 4.74 Å². The number of nitrogens with zero attached hydrogens (tertiary/aromatic N) is 1. The first kappa shape index (κ1) is 16.9. The number of hydrogen-bond acceptors (Lipinski definition) is 3. The van der Waals surface area contributed by atoms with Crippen LogP contribution in [0.2, 0.25) is 0 Å². The molecule has 0 aliphatic rings. The summed E-state index contributed by atoms with van der Waals surface area (Å²) in [5, 5.41) is 3.57. The topological polar surface area (TPSA) is 24.5 Å². The van der Waals surface area contributed by atoms with Crippen LogP contribution >= 0.6 is 0 Å². The quantitative estimate of drug-likeness (QED) is 0.710. The maximum atomic E-state index is 5.59. The molecule has 0 radical (unpaired) electrons. The Labute approximate surface area is 108 Å². The smallest absolute Gasteiger partial charge is 0.0596 e. The molecule has 0 aliphatic heterocycles. The summed E-state index contributed by atoms with van der Waals surface area (Å²) >= 11 is 0. The Hall–Kier alpha value is -0.120. The predicted octanol–water partition coefficient (Wildman–Crippen LogP) is 2.51. The van der Waals surface area contributed by atoms with Crippen LogP contribution in [0.3, 0.4) is 0 Å². The molecular formula is C14H32N2O. The molecule has 0 spiro atoms. The molecule has 0 aromatic heterocycles. The van der Waals surface area contributed by atoms with Gasteiger partial charge in [-0.3, -0.25) is 4.90 Å². The van der Waals surface area contributed by atoms with Gasteiger partial charge in [-0.2, -0.15) is 0 Å². The zero-order chi connectivity index (χ0) is 13.5. The van der Waals surface area contributed by atoms with E-state index < -0.39 is 0 Å². The third-order valence-electron chi connectivity index (χ3n) is 2.86. The van der Waals surface area contributed by atoms with Crippen LogP contribution < -0.4 is 5.32 Å². The normalized spacial score (nSPS) is 14.6. The lowest BCUT2D eigenvalue weighted by Gasteiger charge is -2.31. The van der Waals surface area contributed by atoms with E-state index in [1.807, 2.05) is 0 Å². The van der Waals surface area contributed by atoms with Gasteiger partial charge < -0.3 is 10.1 Å². The molecule has 0 aromatic rings. The van der Waals surface area contributed by atoms with Crippen molar-refractivity contribution in [2.24, 2.45) is 0 Å². The molecule has 0 aliphatic carbocycles. The summed E-state index contributed by atoms with van der Waals surface area (Å²) in [6.07, 6.45) is 1.50. The average Bonchev–Trinajstić information content (AvgIpc) is 2.16. The Morgan fingerprint density at radius 1 is 1.24 bits per heavy atom. The van der Waals surface area contributed by atoms with Crippen molar-refractivity contribution in [1.29, 1.82) is 0 Å². The van der Waals surface area contributed by atoms with Crippen molar-refractivity contribution >= 4 is 0 Å². The molecule has 0 fully saturated rings. The van der Waals surface area contributed by atoms with Crippen molar-refractivity contribution in [2.45, 2.75) is 65.6 Å². The first-order chi connectivity index (χ1) is 7.76. The van der Waals surface area contributed by atoms with Crippen LogP contribution in [0.25, 0.3) is 0 Å². The van der Waals surface area contributed by atoms with Crippen LogP contribution in [-0.4, -0.2) is 49.3 Å². The van der Waals surface area contributed by atoms with Gasteiger partial charge in [-0.1, -0.05) is 6.92 Å². The van der Waals surface area contributed by atoms with Crippen molar-refractivity contribution in [3.63, 3.8) is 0 Å². The van der Waals surface area contributed by atoms with Crippen molar-refractivity contribution in [3.8, 4) is 0 Å². The van der Waals surface area contributed by atoms with Crippen LogP contribution in [0.4, 0.5) is 0 Å². The Bertz CT molecular complexity index is 187. The monoisotopic (exact) mass is 244 g/mol. The highest BCUT2D eigenvalue weighted by Crippen LogP contribution is 2.04. The van der Waals surface area contributed by atoms with E-state index >= 15 is 0 Å². The molecule has 0 bridgehead atoms. The van der Waals surface area contributed by atoms with E-state index in [9.17, 15) is 0 Å². The number of ether oxygens (including phenoxy) is 1. The van der Waals surface area contributed by atoms with E-state index in [1.54, 1.807) is 0 Å². The van der Waals surface area contributed by atoms with Crippen molar-refractivity contribution in [1.82, 2.24) is 10.2 Å². The molecule has 17 heavy (non-hydrogen) atoms. The molecule has 104 valence electrons. The molecule has 1 unspecified atom stereocenters. The molecule has 0 saturated carbocycles. The number of nitrogens with one attached hydrogen (secondary N) is 1. The lowest BCUT2D eigenvalue weighted by atomic mass is 10.1. The van der Waals surface area contributed by atoms with E-state index in [1.165, 1.54) is 6.42 Å². The summed E-state index contributed by atoms with van der Waals surface area (Å²) in [5.41, 5.74) is 0.197. The van der Waals surface area contributed by atoms with Gasteiger partial charge in [0.05, 0.1) is 12.7 Å². The van der Waals surface area contributed by atoms with Gasteiger partial charge in [-0.05, 0) is 48.1 Å². The third-order valence-corrected chi connectivity index (χ3v) is 2.86. The van der Waals surface area contributed by atoms with Crippen molar-refractivity contribution in [2.75, 3.05) is 26.7 Å². The highest BCUT2D eigenvalue weighted by molar-refractivity contribution is 4.76. The van der Waals surface area contributed by atoms with Gasteiger partial charge in [0.25, 0.3) is 0 Å². The van der Waals surface area contributed by atoms with Crippen molar-refractivity contribution < 1.29 is 4.74 Å². The predicted molar refractivity (Wildman–Crippen MR) is 75.6 cm³/mol. The summed E-state index contributed by atoms with van der Waals surface area (Å²) in [4.78, 5) is 2.39. The van der Waals surface area contributed by atoms with Crippen LogP contribution in [0, 0.1) is 0 Å². The molecule has 3 heteroatoms. The lowest BCUT2D eigenvalue weighted by Crippen LogP contribution is -2.47.